The van der Waals surface area contributed by atoms with Gasteiger partial charge in [0.2, 0.25) is 0 Å². The Morgan fingerprint density at radius 2 is 2.00 bits per heavy atom. The first kappa shape index (κ1) is 11.6. The fraction of sp³-hybridized carbons (Fsp3) is 0.333. The van der Waals surface area contributed by atoms with Crippen LogP contribution in [0.5, 0.6) is 0 Å². The largest absolute Gasteiger partial charge is 0.465 e. The van der Waals surface area contributed by atoms with Crippen LogP contribution >= 0.6 is 0 Å². The first-order chi connectivity index (χ1) is 6.84. The summed E-state index contributed by atoms with van der Waals surface area (Å²) in [5.41, 5.74) is 0.642. The van der Waals surface area contributed by atoms with Gasteiger partial charge in [0.1, 0.15) is 0 Å². The van der Waals surface area contributed by atoms with Gasteiger partial charge in [-0.05, 0) is 19.1 Å². The van der Waals surface area contributed by atoms with Crippen molar-refractivity contribution in [2.45, 2.75) is 11.9 Å². The van der Waals surface area contributed by atoms with Crippen molar-refractivity contribution in [2.75, 3.05) is 13.4 Å². The molecule has 0 unspecified atom stereocenters. The van der Waals surface area contributed by atoms with Crippen LogP contribution in [-0.2, 0) is 14.6 Å². The number of carbonyl (C=O) groups excluding carboxylic acids is 1. The lowest BCUT2D eigenvalue weighted by atomic mass is 10.2. The van der Waals surface area contributed by atoms with E-state index < -0.39 is 15.8 Å². The van der Waals surface area contributed by atoms with Crippen LogP contribution in [0, 0.1) is 6.92 Å². The lowest BCUT2D eigenvalue weighted by Gasteiger charge is -2.03. The fourth-order valence-corrected chi connectivity index (χ4v) is 1.71. The average Bonchev–Trinajstić information content (AvgIpc) is 2.14. The highest BCUT2D eigenvalue weighted by Gasteiger charge is 2.14. The van der Waals surface area contributed by atoms with Crippen LogP contribution in [0.3, 0.4) is 0 Å². The van der Waals surface area contributed by atoms with Gasteiger partial charge >= 0.3 is 5.97 Å². The molecule has 15 heavy (non-hydrogen) atoms. The van der Waals surface area contributed by atoms with Crippen molar-refractivity contribution in [1.82, 2.24) is 4.98 Å². The number of ether oxygens (including phenoxy) is 1. The molecule has 0 aromatic carbocycles. The van der Waals surface area contributed by atoms with Gasteiger partial charge in [0, 0.05) is 11.9 Å². The van der Waals surface area contributed by atoms with Crippen LogP contribution in [0.15, 0.2) is 17.2 Å². The van der Waals surface area contributed by atoms with E-state index in [0.717, 1.165) is 6.26 Å². The number of aryl methyl sites for hydroxylation is 1. The Bertz CT molecular complexity index is 493. The standard InChI is InChI=1S/C9H11NO4S/c1-6-4-7(9(11)14-2)5-8(10-6)15(3,12)13/h4-5H,1-3H3. The smallest absolute Gasteiger partial charge is 0.338 e. The second-order valence-electron chi connectivity index (χ2n) is 3.10. The maximum absolute atomic E-state index is 11.2. The predicted molar refractivity (Wildman–Crippen MR) is 53.4 cm³/mol. The van der Waals surface area contributed by atoms with Gasteiger partial charge in [-0.3, -0.25) is 0 Å². The van der Waals surface area contributed by atoms with E-state index in [1.165, 1.54) is 19.2 Å². The molecule has 0 spiro atoms. The second-order valence-corrected chi connectivity index (χ2v) is 5.06. The van der Waals surface area contributed by atoms with Gasteiger partial charge in [0.15, 0.2) is 14.9 Å². The van der Waals surface area contributed by atoms with Crippen LogP contribution in [0.2, 0.25) is 0 Å². The summed E-state index contributed by atoms with van der Waals surface area (Å²) in [6, 6.07) is 2.68. The Balaban J connectivity index is 3.35. The summed E-state index contributed by atoms with van der Waals surface area (Å²) in [7, 11) is -2.17. The first-order valence-corrected chi connectivity index (χ1v) is 6.01. The number of hydrogen-bond donors (Lipinski definition) is 0. The Morgan fingerprint density at radius 1 is 1.40 bits per heavy atom. The average molecular weight is 229 g/mol. The molecule has 1 aromatic heterocycles. The van der Waals surface area contributed by atoms with Gasteiger partial charge in [0.25, 0.3) is 0 Å². The highest BCUT2D eigenvalue weighted by molar-refractivity contribution is 7.90. The van der Waals surface area contributed by atoms with Crippen molar-refractivity contribution in [1.29, 1.82) is 0 Å². The van der Waals surface area contributed by atoms with E-state index >= 15 is 0 Å². The minimum Gasteiger partial charge on any atom is -0.465 e. The van der Waals surface area contributed by atoms with Crippen LogP contribution < -0.4 is 0 Å². The summed E-state index contributed by atoms with van der Waals surface area (Å²) < 4.78 is 27.0. The molecule has 0 aliphatic carbocycles. The zero-order chi connectivity index (χ0) is 11.6. The molecule has 82 valence electrons. The summed E-state index contributed by atoms with van der Waals surface area (Å²) in [4.78, 5) is 15.0. The highest BCUT2D eigenvalue weighted by atomic mass is 32.2. The summed E-state index contributed by atoms with van der Waals surface area (Å²) in [5.74, 6) is -0.578. The molecule has 1 aromatic rings. The molecule has 6 heteroatoms. The van der Waals surface area contributed by atoms with E-state index in [4.69, 9.17) is 0 Å². The third-order valence-corrected chi connectivity index (χ3v) is 2.70. The second kappa shape index (κ2) is 3.98. The third-order valence-electron chi connectivity index (χ3n) is 1.73. The van der Waals surface area contributed by atoms with Gasteiger partial charge in [-0.1, -0.05) is 0 Å². The Hall–Kier alpha value is -1.43. The number of sulfone groups is 1. The van der Waals surface area contributed by atoms with Crippen molar-refractivity contribution >= 4 is 15.8 Å². The maximum Gasteiger partial charge on any atom is 0.338 e. The number of rotatable bonds is 2. The van der Waals surface area contributed by atoms with Crippen LogP contribution in [0.4, 0.5) is 0 Å². The predicted octanol–water partition coefficient (Wildman–Crippen LogP) is 0.580. The molecule has 5 nitrogen and oxygen atoms in total. The zero-order valence-electron chi connectivity index (χ0n) is 8.64. The monoisotopic (exact) mass is 229 g/mol. The quantitative estimate of drug-likeness (QED) is 0.693. The van der Waals surface area contributed by atoms with Crippen molar-refractivity contribution in [3.05, 3.63) is 23.4 Å². The lowest BCUT2D eigenvalue weighted by molar-refractivity contribution is 0.0600. The molecule has 0 aliphatic heterocycles. The number of esters is 1. The molecular weight excluding hydrogens is 218 g/mol. The summed E-state index contributed by atoms with van der Waals surface area (Å²) >= 11 is 0. The molecule has 0 bridgehead atoms. The van der Waals surface area contributed by atoms with Crippen LogP contribution in [-0.4, -0.2) is 32.7 Å². The SMILES string of the molecule is COC(=O)c1cc(C)nc(S(C)(=O)=O)c1. The molecule has 0 fully saturated rings. The third kappa shape index (κ3) is 2.76. The lowest BCUT2D eigenvalue weighted by Crippen LogP contribution is -2.07. The van der Waals surface area contributed by atoms with E-state index in [1.807, 2.05) is 0 Å². The van der Waals surface area contributed by atoms with Gasteiger partial charge in [0.05, 0.1) is 12.7 Å². The van der Waals surface area contributed by atoms with Crippen LogP contribution in [0.1, 0.15) is 16.1 Å². The number of carbonyl (C=O) groups is 1. The molecule has 0 saturated carbocycles. The number of nitrogens with zero attached hydrogens (tertiary/aromatic N) is 1. The van der Waals surface area contributed by atoms with Gasteiger partial charge in [-0.25, -0.2) is 18.2 Å². The minimum absolute atomic E-state index is 0.122. The number of aromatic nitrogens is 1. The number of hydrogen-bond acceptors (Lipinski definition) is 5. The molecule has 0 amide bonds. The van der Waals surface area contributed by atoms with Gasteiger partial charge in [-0.2, -0.15) is 0 Å². The minimum atomic E-state index is -3.41. The van der Waals surface area contributed by atoms with Crippen molar-refractivity contribution < 1.29 is 17.9 Å². The number of methoxy groups -OCH3 is 1. The molecule has 0 aliphatic rings. The van der Waals surface area contributed by atoms with E-state index in [1.54, 1.807) is 6.92 Å². The van der Waals surface area contributed by atoms with E-state index in [2.05, 4.69) is 9.72 Å². The Kier molecular flexibility index (Phi) is 3.09. The molecule has 0 radical (unpaired) electrons. The van der Waals surface area contributed by atoms with Crippen molar-refractivity contribution in [2.24, 2.45) is 0 Å². The molecule has 0 atom stereocenters. The van der Waals surface area contributed by atoms with Crippen molar-refractivity contribution in [3.8, 4) is 0 Å². The molecule has 0 saturated heterocycles. The molecule has 1 rings (SSSR count). The molecule has 0 N–H and O–H groups in total. The highest BCUT2D eigenvalue weighted by Crippen LogP contribution is 2.11. The van der Waals surface area contributed by atoms with Crippen molar-refractivity contribution in [3.63, 3.8) is 0 Å². The van der Waals surface area contributed by atoms with Gasteiger partial charge < -0.3 is 4.74 Å². The van der Waals surface area contributed by atoms with Crippen LogP contribution in [0.25, 0.3) is 0 Å². The fourth-order valence-electron chi connectivity index (χ4n) is 1.06. The number of pyridine rings is 1. The zero-order valence-corrected chi connectivity index (χ0v) is 9.46. The summed E-state index contributed by atoms with van der Waals surface area (Å²) in [6.07, 6.45) is 1.04. The van der Waals surface area contributed by atoms with Gasteiger partial charge in [-0.15, -0.1) is 0 Å². The summed E-state index contributed by atoms with van der Waals surface area (Å²) in [5, 5.41) is -0.122. The van der Waals surface area contributed by atoms with E-state index in [-0.39, 0.29) is 10.6 Å². The summed E-state index contributed by atoms with van der Waals surface area (Å²) in [6.45, 7) is 1.61. The molecule has 1 heterocycles. The molecular formula is C9H11NO4S. The van der Waals surface area contributed by atoms with E-state index in [0.29, 0.717) is 5.69 Å². The Morgan fingerprint density at radius 3 is 2.47 bits per heavy atom. The normalized spacial score (nSPS) is 11.1. The first-order valence-electron chi connectivity index (χ1n) is 4.11. The Labute approximate surface area is 88.0 Å². The topological polar surface area (TPSA) is 73.3 Å². The van der Waals surface area contributed by atoms with E-state index in [9.17, 15) is 13.2 Å². The maximum atomic E-state index is 11.2.